The largest absolute Gasteiger partial charge is 0.279 e. The molecule has 0 aliphatic rings. The van der Waals surface area contributed by atoms with Gasteiger partial charge in [0.05, 0.1) is 5.69 Å². The zero-order chi connectivity index (χ0) is 13.2. The normalized spacial score (nSPS) is 11.2. The predicted octanol–water partition coefficient (Wildman–Crippen LogP) is 2.84. The standard InChI is InChI=1S/C12H11ClN2O2S/c1-9-7-10(13)4-5-12(9)15-18(16,17)11-3-2-6-14-8-11/h2-8,15H,1H3. The van der Waals surface area contributed by atoms with Crippen LogP contribution in [-0.2, 0) is 10.0 Å². The molecule has 0 aliphatic carbocycles. The first-order valence-corrected chi connectivity index (χ1v) is 7.04. The summed E-state index contributed by atoms with van der Waals surface area (Å²) in [7, 11) is -3.60. The number of aromatic nitrogens is 1. The van der Waals surface area contributed by atoms with Crippen molar-refractivity contribution < 1.29 is 8.42 Å². The van der Waals surface area contributed by atoms with Gasteiger partial charge < -0.3 is 0 Å². The van der Waals surface area contributed by atoms with Crippen molar-refractivity contribution in [2.45, 2.75) is 11.8 Å². The number of anilines is 1. The van der Waals surface area contributed by atoms with Gasteiger partial charge in [-0.25, -0.2) is 8.42 Å². The molecule has 2 rings (SSSR count). The fourth-order valence-corrected chi connectivity index (χ4v) is 2.77. The number of pyridine rings is 1. The van der Waals surface area contributed by atoms with Gasteiger partial charge >= 0.3 is 0 Å². The Morgan fingerprint density at radius 3 is 2.67 bits per heavy atom. The number of hydrogen-bond acceptors (Lipinski definition) is 3. The summed E-state index contributed by atoms with van der Waals surface area (Å²) < 4.78 is 26.6. The summed E-state index contributed by atoms with van der Waals surface area (Å²) in [6.07, 6.45) is 2.82. The van der Waals surface area contributed by atoms with E-state index in [1.54, 1.807) is 31.2 Å². The van der Waals surface area contributed by atoms with E-state index in [1.807, 2.05) is 0 Å². The number of aryl methyl sites for hydroxylation is 1. The summed E-state index contributed by atoms with van der Waals surface area (Å²) in [6, 6.07) is 8.02. The molecule has 1 aromatic carbocycles. The summed E-state index contributed by atoms with van der Waals surface area (Å²) in [6.45, 7) is 1.78. The van der Waals surface area contributed by atoms with E-state index in [0.717, 1.165) is 5.56 Å². The molecule has 0 radical (unpaired) electrons. The van der Waals surface area contributed by atoms with E-state index < -0.39 is 10.0 Å². The number of rotatable bonds is 3. The Hall–Kier alpha value is -1.59. The van der Waals surface area contributed by atoms with Crippen LogP contribution in [0.4, 0.5) is 5.69 Å². The third kappa shape index (κ3) is 2.80. The van der Waals surface area contributed by atoms with Crippen LogP contribution in [0.2, 0.25) is 5.02 Å². The lowest BCUT2D eigenvalue weighted by Gasteiger charge is -2.10. The Morgan fingerprint density at radius 2 is 2.06 bits per heavy atom. The second kappa shape index (κ2) is 4.96. The first-order chi connectivity index (χ1) is 8.49. The molecule has 1 N–H and O–H groups in total. The molecule has 1 heterocycles. The SMILES string of the molecule is Cc1cc(Cl)ccc1NS(=O)(=O)c1cccnc1. The van der Waals surface area contributed by atoms with Gasteiger partial charge in [-0.15, -0.1) is 0 Å². The van der Waals surface area contributed by atoms with Gasteiger partial charge in [0, 0.05) is 17.4 Å². The minimum Gasteiger partial charge on any atom is -0.279 e. The highest BCUT2D eigenvalue weighted by atomic mass is 35.5. The molecular formula is C12H11ClN2O2S. The zero-order valence-electron chi connectivity index (χ0n) is 9.59. The summed E-state index contributed by atoms with van der Waals surface area (Å²) in [5, 5.41) is 0.567. The Bertz CT molecular complexity index is 657. The van der Waals surface area contributed by atoms with Crippen LogP contribution in [-0.4, -0.2) is 13.4 Å². The molecule has 0 spiro atoms. The van der Waals surface area contributed by atoms with Crippen molar-refractivity contribution in [3.63, 3.8) is 0 Å². The minimum atomic E-state index is -3.60. The topological polar surface area (TPSA) is 59.1 Å². The molecule has 0 saturated heterocycles. The van der Waals surface area contributed by atoms with E-state index >= 15 is 0 Å². The highest BCUT2D eigenvalue weighted by Gasteiger charge is 2.14. The maximum absolute atomic E-state index is 12.1. The van der Waals surface area contributed by atoms with Gasteiger partial charge in [-0.05, 0) is 42.8 Å². The van der Waals surface area contributed by atoms with Gasteiger partial charge in [-0.1, -0.05) is 11.6 Å². The van der Waals surface area contributed by atoms with E-state index in [9.17, 15) is 8.42 Å². The van der Waals surface area contributed by atoms with Crippen LogP contribution >= 0.6 is 11.6 Å². The van der Waals surface area contributed by atoms with Gasteiger partial charge in [-0.3, -0.25) is 9.71 Å². The molecule has 0 saturated carbocycles. The van der Waals surface area contributed by atoms with E-state index in [1.165, 1.54) is 18.5 Å². The smallest absolute Gasteiger partial charge is 0.263 e. The van der Waals surface area contributed by atoms with Crippen molar-refractivity contribution in [1.82, 2.24) is 4.98 Å². The van der Waals surface area contributed by atoms with Gasteiger partial charge in [0.1, 0.15) is 4.90 Å². The summed E-state index contributed by atoms with van der Waals surface area (Å²) >= 11 is 5.82. The highest BCUT2D eigenvalue weighted by Crippen LogP contribution is 2.22. The van der Waals surface area contributed by atoms with Crippen molar-refractivity contribution in [2.75, 3.05) is 4.72 Å². The average molecular weight is 283 g/mol. The number of hydrogen-bond donors (Lipinski definition) is 1. The summed E-state index contributed by atoms with van der Waals surface area (Å²) in [5.74, 6) is 0. The van der Waals surface area contributed by atoms with Gasteiger partial charge in [-0.2, -0.15) is 0 Å². The molecule has 0 amide bonds. The van der Waals surface area contributed by atoms with Crippen LogP contribution in [0.3, 0.4) is 0 Å². The lowest BCUT2D eigenvalue weighted by Crippen LogP contribution is -2.13. The van der Waals surface area contributed by atoms with E-state index in [-0.39, 0.29) is 4.90 Å². The van der Waals surface area contributed by atoms with Gasteiger partial charge in [0.2, 0.25) is 0 Å². The molecule has 2 aromatic rings. The molecule has 0 fully saturated rings. The number of benzene rings is 1. The second-order valence-electron chi connectivity index (χ2n) is 3.75. The fourth-order valence-electron chi connectivity index (χ4n) is 1.45. The molecule has 1 aromatic heterocycles. The first kappa shape index (κ1) is 12.9. The number of halogens is 1. The van der Waals surface area contributed by atoms with E-state index in [4.69, 9.17) is 11.6 Å². The zero-order valence-corrected chi connectivity index (χ0v) is 11.2. The van der Waals surface area contributed by atoms with Crippen LogP contribution in [0.15, 0.2) is 47.6 Å². The van der Waals surface area contributed by atoms with Crippen LogP contribution in [0.1, 0.15) is 5.56 Å². The number of nitrogens with zero attached hydrogens (tertiary/aromatic N) is 1. The average Bonchev–Trinajstić information content (AvgIpc) is 2.34. The van der Waals surface area contributed by atoms with Gasteiger partial charge in [0.15, 0.2) is 0 Å². The summed E-state index contributed by atoms with van der Waals surface area (Å²) in [5.41, 5.74) is 1.26. The molecule has 0 unspecified atom stereocenters. The fraction of sp³-hybridized carbons (Fsp3) is 0.0833. The molecule has 0 aliphatic heterocycles. The molecule has 0 atom stereocenters. The van der Waals surface area contributed by atoms with E-state index in [0.29, 0.717) is 10.7 Å². The van der Waals surface area contributed by atoms with Gasteiger partial charge in [0.25, 0.3) is 10.0 Å². The summed E-state index contributed by atoms with van der Waals surface area (Å²) in [4.78, 5) is 3.91. The minimum absolute atomic E-state index is 0.124. The van der Waals surface area contributed by atoms with Crippen molar-refractivity contribution in [3.05, 3.63) is 53.3 Å². The predicted molar refractivity (Wildman–Crippen MR) is 71.2 cm³/mol. The Labute approximate surface area is 111 Å². The lowest BCUT2D eigenvalue weighted by molar-refractivity contribution is 0.601. The molecule has 18 heavy (non-hydrogen) atoms. The third-order valence-corrected chi connectivity index (χ3v) is 3.96. The van der Waals surface area contributed by atoms with Crippen LogP contribution in [0.5, 0.6) is 0 Å². The van der Waals surface area contributed by atoms with Crippen LogP contribution in [0, 0.1) is 6.92 Å². The molecule has 94 valence electrons. The lowest BCUT2D eigenvalue weighted by atomic mass is 10.2. The molecule has 6 heteroatoms. The van der Waals surface area contributed by atoms with Crippen LogP contribution in [0.25, 0.3) is 0 Å². The molecular weight excluding hydrogens is 272 g/mol. The maximum atomic E-state index is 12.1. The third-order valence-electron chi connectivity index (χ3n) is 2.38. The van der Waals surface area contributed by atoms with Crippen molar-refractivity contribution in [3.8, 4) is 0 Å². The maximum Gasteiger partial charge on any atom is 0.263 e. The van der Waals surface area contributed by atoms with Crippen molar-refractivity contribution in [1.29, 1.82) is 0 Å². The number of nitrogens with one attached hydrogen (secondary N) is 1. The van der Waals surface area contributed by atoms with Crippen LogP contribution < -0.4 is 4.72 Å². The van der Waals surface area contributed by atoms with E-state index in [2.05, 4.69) is 9.71 Å². The Balaban J connectivity index is 2.34. The Kier molecular flexibility index (Phi) is 3.54. The highest BCUT2D eigenvalue weighted by molar-refractivity contribution is 7.92. The quantitative estimate of drug-likeness (QED) is 0.942. The monoisotopic (exact) mass is 282 g/mol. The van der Waals surface area contributed by atoms with Crippen molar-refractivity contribution in [2.24, 2.45) is 0 Å². The first-order valence-electron chi connectivity index (χ1n) is 5.18. The van der Waals surface area contributed by atoms with Crippen molar-refractivity contribution >= 4 is 27.3 Å². The molecule has 4 nitrogen and oxygen atoms in total. The molecule has 0 bridgehead atoms. The number of sulfonamides is 1. The second-order valence-corrected chi connectivity index (χ2v) is 5.87. The Morgan fingerprint density at radius 1 is 1.28 bits per heavy atom.